The molecule has 0 saturated heterocycles. The maximum Gasteiger partial charge on any atom is 0.217 e. The van der Waals surface area contributed by atoms with Crippen LogP contribution in [0.5, 0.6) is 0 Å². The zero-order valence-electron chi connectivity index (χ0n) is 8.31. The Labute approximate surface area is 79.5 Å². The van der Waals surface area contributed by atoms with E-state index in [4.69, 9.17) is 5.11 Å². The highest BCUT2D eigenvalue weighted by Crippen LogP contribution is 2.30. The number of rotatable bonds is 3. The quantitative estimate of drug-likeness (QED) is 0.694. The third kappa shape index (κ3) is 2.99. The van der Waals surface area contributed by atoms with Crippen molar-refractivity contribution in [2.45, 2.75) is 51.0 Å². The molecule has 0 bridgehead atoms. The van der Waals surface area contributed by atoms with Gasteiger partial charge in [0.25, 0.3) is 0 Å². The summed E-state index contributed by atoms with van der Waals surface area (Å²) in [5.74, 6) is 0.0235. The molecule has 1 amide bonds. The lowest BCUT2D eigenvalue weighted by Crippen LogP contribution is -2.49. The summed E-state index contributed by atoms with van der Waals surface area (Å²) in [7, 11) is 0. The Morgan fingerprint density at radius 2 is 2.00 bits per heavy atom. The molecule has 0 radical (unpaired) electrons. The van der Waals surface area contributed by atoms with Gasteiger partial charge in [0.1, 0.15) is 0 Å². The molecule has 1 rings (SSSR count). The van der Waals surface area contributed by atoms with Crippen LogP contribution in [0.4, 0.5) is 0 Å². The van der Waals surface area contributed by atoms with Crippen LogP contribution in [0.1, 0.15) is 45.4 Å². The van der Waals surface area contributed by atoms with Crippen molar-refractivity contribution in [1.29, 1.82) is 0 Å². The number of nitrogens with one attached hydrogen (secondary N) is 1. The molecular formula is C10H19NO2. The molecular weight excluding hydrogens is 166 g/mol. The fraction of sp³-hybridized carbons (Fsp3) is 0.900. The Morgan fingerprint density at radius 3 is 2.46 bits per heavy atom. The van der Waals surface area contributed by atoms with E-state index in [1.807, 2.05) is 0 Å². The van der Waals surface area contributed by atoms with Crippen LogP contribution in [-0.2, 0) is 4.79 Å². The van der Waals surface area contributed by atoms with E-state index in [-0.39, 0.29) is 18.1 Å². The van der Waals surface area contributed by atoms with Crippen LogP contribution in [0.3, 0.4) is 0 Å². The van der Waals surface area contributed by atoms with Crippen LogP contribution < -0.4 is 5.32 Å². The van der Waals surface area contributed by atoms with Gasteiger partial charge >= 0.3 is 0 Å². The first kappa shape index (κ1) is 10.5. The lowest BCUT2D eigenvalue weighted by molar-refractivity contribution is -0.121. The largest absolute Gasteiger partial charge is 0.396 e. The third-order valence-corrected chi connectivity index (χ3v) is 2.84. The van der Waals surface area contributed by atoms with Crippen LogP contribution in [-0.4, -0.2) is 23.2 Å². The van der Waals surface area contributed by atoms with Crippen LogP contribution >= 0.6 is 0 Å². The molecule has 76 valence electrons. The van der Waals surface area contributed by atoms with Crippen LogP contribution in [0.2, 0.25) is 0 Å². The van der Waals surface area contributed by atoms with E-state index in [2.05, 4.69) is 5.32 Å². The van der Waals surface area contributed by atoms with Crippen LogP contribution in [0, 0.1) is 0 Å². The zero-order chi connectivity index (χ0) is 9.73. The van der Waals surface area contributed by atoms with Gasteiger partial charge in [0.15, 0.2) is 0 Å². The van der Waals surface area contributed by atoms with E-state index >= 15 is 0 Å². The molecule has 1 aliphatic carbocycles. The van der Waals surface area contributed by atoms with Crippen molar-refractivity contribution in [1.82, 2.24) is 5.32 Å². The number of aliphatic hydroxyl groups excluding tert-OH is 1. The predicted molar refractivity (Wildman–Crippen MR) is 51.3 cm³/mol. The zero-order valence-corrected chi connectivity index (χ0v) is 8.31. The van der Waals surface area contributed by atoms with Gasteiger partial charge in [-0.15, -0.1) is 0 Å². The summed E-state index contributed by atoms with van der Waals surface area (Å²) in [5.41, 5.74) is -0.0984. The number of aliphatic hydroxyl groups is 1. The summed E-state index contributed by atoms with van der Waals surface area (Å²) >= 11 is 0. The molecule has 0 heterocycles. The maximum atomic E-state index is 11.0. The van der Waals surface area contributed by atoms with Gasteiger partial charge in [-0.3, -0.25) is 4.79 Å². The lowest BCUT2D eigenvalue weighted by Gasteiger charge is -2.37. The Hall–Kier alpha value is -0.570. The molecule has 1 aliphatic rings. The molecule has 0 atom stereocenters. The van der Waals surface area contributed by atoms with E-state index in [1.54, 1.807) is 6.92 Å². The average Bonchev–Trinajstić information content (AvgIpc) is 2.04. The monoisotopic (exact) mass is 185 g/mol. The molecule has 0 aliphatic heterocycles. The highest BCUT2D eigenvalue weighted by molar-refractivity contribution is 5.73. The number of carbonyl (C=O) groups is 1. The molecule has 0 spiro atoms. The first-order valence-corrected chi connectivity index (χ1v) is 5.08. The van der Waals surface area contributed by atoms with Crippen molar-refractivity contribution < 1.29 is 9.90 Å². The van der Waals surface area contributed by atoms with Crippen LogP contribution in [0.25, 0.3) is 0 Å². The van der Waals surface area contributed by atoms with Gasteiger partial charge < -0.3 is 10.4 Å². The Balaban J connectivity index is 2.55. The van der Waals surface area contributed by atoms with Gasteiger partial charge in [-0.05, 0) is 19.3 Å². The Kier molecular flexibility index (Phi) is 3.72. The topological polar surface area (TPSA) is 49.3 Å². The Bertz CT molecular complexity index is 168. The standard InChI is InChI=1S/C10H19NO2/c1-9(13)11-10(7-8-12)5-3-2-4-6-10/h12H,2-8H2,1H3,(H,11,13). The second-order valence-corrected chi connectivity index (χ2v) is 4.00. The number of carbonyl (C=O) groups excluding carboxylic acids is 1. The molecule has 0 unspecified atom stereocenters. The number of hydrogen-bond donors (Lipinski definition) is 2. The number of amides is 1. The van der Waals surface area contributed by atoms with Crippen molar-refractivity contribution in [3.05, 3.63) is 0 Å². The van der Waals surface area contributed by atoms with E-state index in [0.29, 0.717) is 6.42 Å². The molecule has 0 aromatic rings. The number of hydrogen-bond acceptors (Lipinski definition) is 2. The average molecular weight is 185 g/mol. The smallest absolute Gasteiger partial charge is 0.217 e. The van der Waals surface area contributed by atoms with Gasteiger partial charge in [0, 0.05) is 19.1 Å². The normalized spacial score (nSPS) is 21.1. The van der Waals surface area contributed by atoms with Crippen molar-refractivity contribution >= 4 is 5.91 Å². The molecule has 2 N–H and O–H groups in total. The molecule has 0 aromatic carbocycles. The van der Waals surface area contributed by atoms with E-state index in [0.717, 1.165) is 12.8 Å². The van der Waals surface area contributed by atoms with Crippen molar-refractivity contribution in [3.63, 3.8) is 0 Å². The summed E-state index contributed by atoms with van der Waals surface area (Å²) in [6.45, 7) is 1.72. The van der Waals surface area contributed by atoms with Gasteiger partial charge in [-0.1, -0.05) is 19.3 Å². The minimum atomic E-state index is -0.0984. The Morgan fingerprint density at radius 1 is 1.38 bits per heavy atom. The van der Waals surface area contributed by atoms with E-state index in [9.17, 15) is 4.79 Å². The first-order chi connectivity index (χ1) is 6.18. The second kappa shape index (κ2) is 4.61. The lowest BCUT2D eigenvalue weighted by atomic mass is 9.79. The molecule has 3 nitrogen and oxygen atoms in total. The van der Waals surface area contributed by atoms with Crippen molar-refractivity contribution in [2.24, 2.45) is 0 Å². The summed E-state index contributed by atoms with van der Waals surface area (Å²) in [6, 6.07) is 0. The fourth-order valence-electron chi connectivity index (χ4n) is 2.25. The van der Waals surface area contributed by atoms with E-state index in [1.165, 1.54) is 19.3 Å². The molecule has 13 heavy (non-hydrogen) atoms. The molecule has 1 saturated carbocycles. The predicted octanol–water partition coefficient (Wildman–Crippen LogP) is 1.21. The summed E-state index contributed by atoms with van der Waals surface area (Å²) in [6.07, 6.45) is 6.33. The summed E-state index contributed by atoms with van der Waals surface area (Å²) in [5, 5.41) is 11.9. The molecule has 1 fully saturated rings. The third-order valence-electron chi connectivity index (χ3n) is 2.84. The van der Waals surface area contributed by atoms with Crippen LogP contribution in [0.15, 0.2) is 0 Å². The van der Waals surface area contributed by atoms with Gasteiger partial charge in [0.05, 0.1) is 0 Å². The molecule has 3 heteroatoms. The summed E-state index contributed by atoms with van der Waals surface area (Å²) in [4.78, 5) is 11.0. The highest BCUT2D eigenvalue weighted by atomic mass is 16.3. The molecule has 0 aromatic heterocycles. The SMILES string of the molecule is CC(=O)NC1(CCO)CCCCC1. The first-order valence-electron chi connectivity index (χ1n) is 5.08. The second-order valence-electron chi connectivity index (χ2n) is 4.00. The van der Waals surface area contributed by atoms with Crippen molar-refractivity contribution in [3.8, 4) is 0 Å². The minimum absolute atomic E-state index is 0.0235. The fourth-order valence-corrected chi connectivity index (χ4v) is 2.25. The van der Waals surface area contributed by atoms with E-state index < -0.39 is 0 Å². The van der Waals surface area contributed by atoms with Gasteiger partial charge in [-0.2, -0.15) is 0 Å². The summed E-state index contributed by atoms with van der Waals surface area (Å²) < 4.78 is 0. The minimum Gasteiger partial charge on any atom is -0.396 e. The van der Waals surface area contributed by atoms with Crippen molar-refractivity contribution in [2.75, 3.05) is 6.61 Å². The maximum absolute atomic E-state index is 11.0. The van der Waals surface area contributed by atoms with Gasteiger partial charge in [0.2, 0.25) is 5.91 Å². The highest BCUT2D eigenvalue weighted by Gasteiger charge is 2.31. The van der Waals surface area contributed by atoms with Gasteiger partial charge in [-0.25, -0.2) is 0 Å².